The highest BCUT2D eigenvalue weighted by molar-refractivity contribution is 5.95. The van der Waals surface area contributed by atoms with Crippen LogP contribution in [0.1, 0.15) is 47.5 Å². The first-order valence-electron chi connectivity index (χ1n) is 8.46. The lowest BCUT2D eigenvalue weighted by molar-refractivity contribution is -0.129. The highest BCUT2D eigenvalue weighted by Crippen LogP contribution is 2.34. The Balaban J connectivity index is 1.71. The third-order valence-electron chi connectivity index (χ3n) is 4.39. The van der Waals surface area contributed by atoms with E-state index in [0.29, 0.717) is 5.56 Å². The van der Waals surface area contributed by atoms with Crippen LogP contribution < -0.4 is 5.32 Å². The maximum Gasteiger partial charge on any atom is 0.251 e. The van der Waals surface area contributed by atoms with Crippen LogP contribution in [0.3, 0.4) is 0 Å². The number of rotatable bonds is 6. The minimum absolute atomic E-state index is 0.0261. The number of carbonyl (C=O) groups is 2. The molecule has 130 valence electrons. The normalized spacial score (nSPS) is 15.1. The van der Waals surface area contributed by atoms with Crippen LogP contribution in [0.2, 0.25) is 0 Å². The second kappa shape index (κ2) is 7.38. The smallest absolute Gasteiger partial charge is 0.251 e. The molecule has 1 aliphatic rings. The molecule has 1 fully saturated rings. The lowest BCUT2D eigenvalue weighted by Gasteiger charge is -2.26. The Bertz CT molecular complexity index is 759. The molecule has 3 rings (SSSR count). The van der Waals surface area contributed by atoms with Gasteiger partial charge in [0.15, 0.2) is 0 Å². The summed E-state index contributed by atoms with van der Waals surface area (Å²) in [5.41, 5.74) is 1.47. The van der Waals surface area contributed by atoms with Crippen LogP contribution in [0.15, 0.2) is 53.2 Å². The zero-order valence-corrected chi connectivity index (χ0v) is 14.4. The van der Waals surface area contributed by atoms with Crippen molar-refractivity contribution in [2.24, 2.45) is 0 Å². The Labute approximate surface area is 147 Å². The fraction of sp³-hybridized carbons (Fsp3) is 0.300. The first kappa shape index (κ1) is 17.0. The zero-order valence-electron chi connectivity index (χ0n) is 14.4. The van der Waals surface area contributed by atoms with Gasteiger partial charge in [0.05, 0.1) is 12.3 Å². The van der Waals surface area contributed by atoms with Gasteiger partial charge in [-0.3, -0.25) is 9.59 Å². The third kappa shape index (κ3) is 3.99. The first-order chi connectivity index (χ1) is 12.1. The number of amides is 2. The second-order valence-corrected chi connectivity index (χ2v) is 6.20. The number of carbonyl (C=O) groups excluding carboxylic acids is 2. The number of benzene rings is 1. The predicted octanol–water partition coefficient (Wildman–Crippen LogP) is 3.40. The molecule has 5 nitrogen and oxygen atoms in total. The summed E-state index contributed by atoms with van der Waals surface area (Å²) in [7, 11) is 1.60. The Kier molecular flexibility index (Phi) is 5.03. The number of furan rings is 1. The topological polar surface area (TPSA) is 62.6 Å². The van der Waals surface area contributed by atoms with Gasteiger partial charge in [-0.1, -0.05) is 12.1 Å². The molecule has 0 aliphatic heterocycles. The van der Waals surface area contributed by atoms with E-state index in [2.05, 4.69) is 5.32 Å². The lowest BCUT2D eigenvalue weighted by atomic mass is 10.1. The maximum atomic E-state index is 12.7. The van der Waals surface area contributed by atoms with Crippen LogP contribution >= 0.6 is 0 Å². The summed E-state index contributed by atoms with van der Waals surface area (Å²) in [6.07, 6.45) is 7.06. The molecule has 0 saturated heterocycles. The molecule has 1 aliphatic carbocycles. The van der Waals surface area contributed by atoms with E-state index in [-0.39, 0.29) is 23.9 Å². The van der Waals surface area contributed by atoms with Gasteiger partial charge in [-0.2, -0.15) is 0 Å². The van der Waals surface area contributed by atoms with Gasteiger partial charge >= 0.3 is 0 Å². The van der Waals surface area contributed by atoms with E-state index in [1.54, 1.807) is 37.6 Å². The molecule has 1 aromatic carbocycles. The molecule has 0 bridgehead atoms. The Morgan fingerprint density at radius 1 is 1.24 bits per heavy atom. The monoisotopic (exact) mass is 338 g/mol. The van der Waals surface area contributed by atoms with Crippen molar-refractivity contribution in [1.82, 2.24) is 10.2 Å². The summed E-state index contributed by atoms with van der Waals surface area (Å²) in [5.74, 6) is 0.643. The van der Waals surface area contributed by atoms with Crippen LogP contribution in [-0.2, 0) is 4.79 Å². The minimum atomic E-state index is -0.126. The van der Waals surface area contributed by atoms with Gasteiger partial charge in [0, 0.05) is 24.7 Å². The van der Waals surface area contributed by atoms with E-state index < -0.39 is 0 Å². The second-order valence-electron chi connectivity index (χ2n) is 6.20. The van der Waals surface area contributed by atoms with Gasteiger partial charge in [-0.25, -0.2) is 0 Å². The number of hydrogen-bond donors (Lipinski definition) is 1. The predicted molar refractivity (Wildman–Crippen MR) is 95.9 cm³/mol. The third-order valence-corrected chi connectivity index (χ3v) is 4.39. The van der Waals surface area contributed by atoms with E-state index in [1.807, 2.05) is 36.1 Å². The Morgan fingerprint density at radius 2 is 1.96 bits per heavy atom. The van der Waals surface area contributed by atoms with E-state index in [4.69, 9.17) is 4.42 Å². The molecule has 1 aromatic heterocycles. The van der Waals surface area contributed by atoms with Crippen LogP contribution in [0.5, 0.6) is 0 Å². The standard InChI is InChI=1S/C20H22N2O3/c1-14(18-4-3-13-25-18)22(17-10-11-17)19(23)12-7-15-5-8-16(9-6-15)20(24)21-2/h3-9,12-14,17H,10-11H2,1-2H3,(H,21,24). The van der Waals surface area contributed by atoms with Crippen LogP contribution in [0.25, 0.3) is 6.08 Å². The van der Waals surface area contributed by atoms with Gasteiger partial charge in [0.2, 0.25) is 5.91 Å². The van der Waals surface area contributed by atoms with E-state index in [9.17, 15) is 9.59 Å². The first-order valence-corrected chi connectivity index (χ1v) is 8.46. The molecule has 2 amide bonds. The van der Waals surface area contributed by atoms with Crippen LogP contribution in [0.4, 0.5) is 0 Å². The molecule has 0 spiro atoms. The molecule has 1 unspecified atom stereocenters. The van der Waals surface area contributed by atoms with Gasteiger partial charge in [0.1, 0.15) is 5.76 Å². The molecule has 1 heterocycles. The average molecular weight is 338 g/mol. The highest BCUT2D eigenvalue weighted by atomic mass is 16.3. The highest BCUT2D eigenvalue weighted by Gasteiger charge is 2.36. The molecule has 25 heavy (non-hydrogen) atoms. The molecule has 1 atom stereocenters. The molecule has 0 radical (unpaired) electrons. The summed E-state index contributed by atoms with van der Waals surface area (Å²) < 4.78 is 5.46. The van der Waals surface area contributed by atoms with Gasteiger partial charge in [0.25, 0.3) is 5.91 Å². The largest absolute Gasteiger partial charge is 0.467 e. The van der Waals surface area contributed by atoms with E-state index in [1.165, 1.54) is 0 Å². The minimum Gasteiger partial charge on any atom is -0.467 e. The summed E-state index contributed by atoms with van der Waals surface area (Å²) >= 11 is 0. The van der Waals surface area contributed by atoms with Gasteiger partial charge in [-0.15, -0.1) is 0 Å². The Morgan fingerprint density at radius 3 is 2.52 bits per heavy atom. The number of nitrogens with one attached hydrogen (secondary N) is 1. The van der Waals surface area contributed by atoms with Crippen molar-refractivity contribution in [3.05, 3.63) is 65.6 Å². The maximum absolute atomic E-state index is 12.7. The molecule has 2 aromatic rings. The molecular formula is C20H22N2O3. The molecular weight excluding hydrogens is 316 g/mol. The van der Waals surface area contributed by atoms with Crippen molar-refractivity contribution >= 4 is 17.9 Å². The molecule has 1 saturated carbocycles. The van der Waals surface area contributed by atoms with E-state index in [0.717, 1.165) is 24.2 Å². The SMILES string of the molecule is CNC(=O)c1ccc(C=CC(=O)N(C2CC2)C(C)c2ccco2)cc1. The van der Waals surface area contributed by atoms with Crippen molar-refractivity contribution in [2.45, 2.75) is 31.8 Å². The molecule has 5 heteroatoms. The van der Waals surface area contributed by atoms with Crippen molar-refractivity contribution in [3.63, 3.8) is 0 Å². The molecule has 1 N–H and O–H groups in total. The van der Waals surface area contributed by atoms with Crippen LogP contribution in [-0.4, -0.2) is 29.8 Å². The van der Waals surface area contributed by atoms with E-state index >= 15 is 0 Å². The fourth-order valence-electron chi connectivity index (χ4n) is 2.85. The number of hydrogen-bond acceptors (Lipinski definition) is 3. The van der Waals surface area contributed by atoms with Gasteiger partial charge in [-0.05, 0) is 55.7 Å². The van der Waals surface area contributed by atoms with Crippen LogP contribution in [0, 0.1) is 0 Å². The summed E-state index contributed by atoms with van der Waals surface area (Å²) in [4.78, 5) is 26.1. The number of nitrogens with zero attached hydrogens (tertiary/aromatic N) is 1. The zero-order chi connectivity index (χ0) is 17.8. The van der Waals surface area contributed by atoms with Crippen molar-refractivity contribution in [3.8, 4) is 0 Å². The van der Waals surface area contributed by atoms with Crippen molar-refractivity contribution in [1.29, 1.82) is 0 Å². The lowest BCUT2D eigenvalue weighted by Crippen LogP contribution is -2.34. The fourth-order valence-corrected chi connectivity index (χ4v) is 2.85. The Hall–Kier alpha value is -2.82. The van der Waals surface area contributed by atoms with Gasteiger partial charge < -0.3 is 14.6 Å². The van der Waals surface area contributed by atoms with Crippen molar-refractivity contribution in [2.75, 3.05) is 7.05 Å². The summed E-state index contributed by atoms with van der Waals surface area (Å²) in [5, 5.41) is 2.58. The average Bonchev–Trinajstić information content (AvgIpc) is 3.31. The summed E-state index contributed by atoms with van der Waals surface area (Å²) in [6.45, 7) is 1.99. The van der Waals surface area contributed by atoms with Crippen molar-refractivity contribution < 1.29 is 14.0 Å². The quantitative estimate of drug-likeness (QED) is 0.821. The summed E-state index contributed by atoms with van der Waals surface area (Å²) in [6, 6.07) is 11.1.